The number of benzene rings is 4. The van der Waals surface area contributed by atoms with Gasteiger partial charge < -0.3 is 0 Å². The number of nitrogens with one attached hydrogen (secondary N) is 1. The molecule has 2 nitrogen and oxygen atoms in total. The van der Waals surface area contributed by atoms with Crippen molar-refractivity contribution in [2.45, 2.75) is 13.0 Å². The Hall–Kier alpha value is -2.76. The highest BCUT2D eigenvalue weighted by molar-refractivity contribution is 8.20. The minimum Gasteiger partial charge on any atom is -0.273 e. The molecule has 1 unspecified atom stereocenters. The van der Waals surface area contributed by atoms with E-state index >= 15 is 0 Å². The number of hydrogen-bond acceptors (Lipinski definition) is 2. The first-order valence-corrected chi connectivity index (χ1v) is 12.8. The Morgan fingerprint density at radius 2 is 1.30 bits per heavy atom. The average molecular weight is 427 g/mol. The van der Waals surface area contributed by atoms with Crippen LogP contribution < -0.4 is 15.7 Å². The second-order valence-corrected chi connectivity index (χ2v) is 11.5. The number of nitrogens with zero attached hydrogens (tertiary/aromatic N) is 1. The molecular weight excluding hydrogens is 403 g/mol. The molecule has 4 aromatic rings. The van der Waals surface area contributed by atoms with Gasteiger partial charge in [0.2, 0.25) is 0 Å². The standard InChI is InChI=1S/C26H23N2PS/c1-20(19-27)26(25-18-10-12-21-11-8-9-17-24(21)25)28-29(30,22-13-4-2-5-14-22)23-15-6-3-7-16-23/h2-18,20,26H,1H3,(H,28,30)/t20-,26?/m1/s1. The van der Waals surface area contributed by atoms with Gasteiger partial charge in [0.1, 0.15) is 0 Å². The van der Waals surface area contributed by atoms with Crippen molar-refractivity contribution in [3.05, 3.63) is 109 Å². The van der Waals surface area contributed by atoms with Crippen LogP contribution in [0.2, 0.25) is 0 Å². The molecule has 0 aromatic heterocycles. The molecule has 0 spiro atoms. The lowest BCUT2D eigenvalue weighted by Gasteiger charge is -2.32. The van der Waals surface area contributed by atoms with E-state index in [1.165, 1.54) is 5.39 Å². The fourth-order valence-electron chi connectivity index (χ4n) is 3.82. The maximum Gasteiger partial charge on any atom is 0.0689 e. The van der Waals surface area contributed by atoms with Crippen molar-refractivity contribution in [2.24, 2.45) is 5.92 Å². The molecule has 0 amide bonds. The molecule has 0 aliphatic heterocycles. The Labute approximate surface area is 183 Å². The van der Waals surface area contributed by atoms with E-state index in [1.807, 2.05) is 55.5 Å². The Morgan fingerprint density at radius 1 is 0.767 bits per heavy atom. The minimum absolute atomic E-state index is 0.188. The molecule has 0 fully saturated rings. The van der Waals surface area contributed by atoms with E-state index < -0.39 is 6.19 Å². The molecule has 0 saturated carbocycles. The number of rotatable bonds is 6. The summed E-state index contributed by atoms with van der Waals surface area (Å²) in [7, 11) is 0. The summed E-state index contributed by atoms with van der Waals surface area (Å²) >= 11 is 6.39. The van der Waals surface area contributed by atoms with E-state index in [0.717, 1.165) is 21.6 Å². The molecule has 148 valence electrons. The van der Waals surface area contributed by atoms with Gasteiger partial charge in [0.05, 0.1) is 24.2 Å². The minimum atomic E-state index is -2.36. The zero-order valence-corrected chi connectivity index (χ0v) is 18.5. The lowest BCUT2D eigenvalue weighted by Crippen LogP contribution is -2.33. The van der Waals surface area contributed by atoms with E-state index in [0.29, 0.717) is 0 Å². The van der Waals surface area contributed by atoms with Gasteiger partial charge in [-0.05, 0) is 23.3 Å². The van der Waals surface area contributed by atoms with Crippen LogP contribution in [-0.2, 0) is 11.8 Å². The van der Waals surface area contributed by atoms with Crippen molar-refractivity contribution in [3.63, 3.8) is 0 Å². The lowest BCUT2D eigenvalue weighted by molar-refractivity contribution is 0.545. The Bertz CT molecular complexity index is 1180. The van der Waals surface area contributed by atoms with Crippen molar-refractivity contribution in [3.8, 4) is 6.07 Å². The molecular formula is C26H23N2PS. The summed E-state index contributed by atoms with van der Waals surface area (Å²) in [5, 5.41) is 18.2. The first-order valence-electron chi connectivity index (χ1n) is 10.00. The first-order chi connectivity index (χ1) is 14.6. The fourth-order valence-corrected chi connectivity index (χ4v) is 7.42. The summed E-state index contributed by atoms with van der Waals surface area (Å²) in [6.45, 7) is 1.97. The van der Waals surface area contributed by atoms with E-state index in [9.17, 15) is 5.26 Å². The highest BCUT2D eigenvalue weighted by Gasteiger charge is 2.30. The van der Waals surface area contributed by atoms with E-state index in [2.05, 4.69) is 65.8 Å². The first kappa shape index (κ1) is 20.5. The van der Waals surface area contributed by atoms with Crippen LogP contribution in [-0.4, -0.2) is 0 Å². The summed E-state index contributed by atoms with van der Waals surface area (Å²) in [6.07, 6.45) is -2.36. The number of nitriles is 1. The van der Waals surface area contributed by atoms with Gasteiger partial charge in [-0.15, -0.1) is 0 Å². The van der Waals surface area contributed by atoms with Gasteiger partial charge in [0, 0.05) is 10.6 Å². The van der Waals surface area contributed by atoms with E-state index in [1.54, 1.807) is 0 Å². The fraction of sp³-hybridized carbons (Fsp3) is 0.115. The molecule has 4 heteroatoms. The SMILES string of the molecule is C[C@H](C#N)C(NP(=S)(c1ccccc1)c1ccccc1)c1cccc2ccccc12. The maximum absolute atomic E-state index is 9.86. The van der Waals surface area contributed by atoms with Gasteiger partial charge in [-0.25, -0.2) is 0 Å². The van der Waals surface area contributed by atoms with Crippen LogP contribution in [0.25, 0.3) is 10.8 Å². The van der Waals surface area contributed by atoms with Crippen LogP contribution in [0.15, 0.2) is 103 Å². The second kappa shape index (κ2) is 8.94. The molecule has 0 radical (unpaired) electrons. The lowest BCUT2D eigenvalue weighted by atomic mass is 9.92. The van der Waals surface area contributed by atoms with Gasteiger partial charge in [-0.3, -0.25) is 5.09 Å². The summed E-state index contributed by atoms with van der Waals surface area (Å²) in [5.41, 5.74) is 1.11. The van der Waals surface area contributed by atoms with Crippen molar-refractivity contribution < 1.29 is 0 Å². The molecule has 0 saturated heterocycles. The third-order valence-electron chi connectivity index (χ3n) is 5.42. The van der Waals surface area contributed by atoms with Gasteiger partial charge in [-0.1, -0.05) is 115 Å². The molecule has 0 aliphatic rings. The predicted molar refractivity (Wildman–Crippen MR) is 131 cm³/mol. The van der Waals surface area contributed by atoms with Crippen LogP contribution >= 0.6 is 6.19 Å². The van der Waals surface area contributed by atoms with Gasteiger partial charge in [-0.2, -0.15) is 5.26 Å². The van der Waals surface area contributed by atoms with Crippen molar-refractivity contribution in [1.29, 1.82) is 5.26 Å². The second-order valence-electron chi connectivity index (χ2n) is 7.37. The maximum atomic E-state index is 9.86. The van der Waals surface area contributed by atoms with Gasteiger partial charge >= 0.3 is 0 Å². The molecule has 2 atom stereocenters. The molecule has 1 N–H and O–H groups in total. The summed E-state index contributed by atoms with van der Waals surface area (Å²) in [6, 6.07) is 37.4. The number of fused-ring (bicyclic) bond motifs is 1. The van der Waals surface area contributed by atoms with Crippen LogP contribution in [0.5, 0.6) is 0 Å². The monoisotopic (exact) mass is 426 g/mol. The zero-order valence-electron chi connectivity index (χ0n) is 16.8. The molecule has 30 heavy (non-hydrogen) atoms. The van der Waals surface area contributed by atoms with Crippen LogP contribution in [0.3, 0.4) is 0 Å². The molecule has 4 rings (SSSR count). The van der Waals surface area contributed by atoms with Crippen LogP contribution in [0, 0.1) is 17.2 Å². The molecule has 0 heterocycles. The van der Waals surface area contributed by atoms with E-state index in [4.69, 9.17) is 11.8 Å². The molecule has 0 bridgehead atoms. The summed E-state index contributed by atoms with van der Waals surface area (Å²) in [4.78, 5) is 0. The molecule has 4 aromatic carbocycles. The van der Waals surface area contributed by atoms with E-state index in [-0.39, 0.29) is 12.0 Å². The van der Waals surface area contributed by atoms with Crippen LogP contribution in [0.1, 0.15) is 18.5 Å². The zero-order chi connectivity index (χ0) is 21.0. The number of hydrogen-bond donors (Lipinski definition) is 1. The third kappa shape index (κ3) is 3.95. The van der Waals surface area contributed by atoms with Crippen molar-refractivity contribution >= 4 is 39.4 Å². The normalized spacial score (nSPS) is 13.5. The Kier molecular flexibility index (Phi) is 6.11. The quantitative estimate of drug-likeness (QED) is 0.403. The topological polar surface area (TPSA) is 35.8 Å². The Morgan fingerprint density at radius 3 is 1.90 bits per heavy atom. The Balaban J connectivity index is 1.89. The third-order valence-corrected chi connectivity index (χ3v) is 9.70. The van der Waals surface area contributed by atoms with Crippen molar-refractivity contribution in [2.75, 3.05) is 0 Å². The molecule has 0 aliphatic carbocycles. The van der Waals surface area contributed by atoms with Crippen LogP contribution in [0.4, 0.5) is 0 Å². The average Bonchev–Trinajstić information content (AvgIpc) is 2.83. The highest BCUT2D eigenvalue weighted by atomic mass is 32.4. The summed E-state index contributed by atoms with van der Waals surface area (Å²) in [5.74, 6) is -0.245. The highest BCUT2D eigenvalue weighted by Crippen LogP contribution is 2.44. The van der Waals surface area contributed by atoms with Gasteiger partial charge in [0.15, 0.2) is 0 Å². The smallest absolute Gasteiger partial charge is 0.0689 e. The summed E-state index contributed by atoms with van der Waals surface area (Å²) < 4.78 is 0. The largest absolute Gasteiger partial charge is 0.273 e. The van der Waals surface area contributed by atoms with Crippen molar-refractivity contribution in [1.82, 2.24) is 5.09 Å². The predicted octanol–water partition coefficient (Wildman–Crippen LogP) is 5.68. The van der Waals surface area contributed by atoms with Gasteiger partial charge in [0.25, 0.3) is 0 Å².